The topological polar surface area (TPSA) is 70.8 Å². The summed E-state index contributed by atoms with van der Waals surface area (Å²) in [7, 11) is 5.44. The molecule has 0 aliphatic carbocycles. The SMILES string of the molecule is COc1cc(NCC(C)(O)CN(C)C)ccc1N. The van der Waals surface area contributed by atoms with Crippen LogP contribution in [0.25, 0.3) is 0 Å². The molecule has 18 heavy (non-hydrogen) atoms. The van der Waals surface area contributed by atoms with E-state index in [4.69, 9.17) is 10.5 Å². The van der Waals surface area contributed by atoms with Gasteiger partial charge in [0.05, 0.1) is 18.4 Å². The van der Waals surface area contributed by atoms with Gasteiger partial charge in [-0.05, 0) is 33.2 Å². The first-order valence-electron chi connectivity index (χ1n) is 5.88. The fourth-order valence-electron chi connectivity index (χ4n) is 1.85. The number of nitrogens with one attached hydrogen (secondary N) is 1. The molecule has 0 heterocycles. The molecule has 0 aromatic heterocycles. The van der Waals surface area contributed by atoms with Crippen LogP contribution in [0.4, 0.5) is 11.4 Å². The first kappa shape index (κ1) is 14.6. The molecule has 0 bridgehead atoms. The van der Waals surface area contributed by atoms with Crippen LogP contribution < -0.4 is 15.8 Å². The van der Waals surface area contributed by atoms with E-state index in [2.05, 4.69) is 5.32 Å². The van der Waals surface area contributed by atoms with Gasteiger partial charge >= 0.3 is 0 Å². The number of likely N-dealkylation sites (N-methyl/N-ethyl adjacent to an activating group) is 1. The minimum Gasteiger partial charge on any atom is -0.495 e. The summed E-state index contributed by atoms with van der Waals surface area (Å²) in [4.78, 5) is 1.95. The Morgan fingerprint density at radius 1 is 1.44 bits per heavy atom. The quantitative estimate of drug-likeness (QED) is 0.660. The van der Waals surface area contributed by atoms with Crippen molar-refractivity contribution in [1.82, 2.24) is 4.90 Å². The van der Waals surface area contributed by atoms with E-state index in [0.29, 0.717) is 24.5 Å². The summed E-state index contributed by atoms with van der Waals surface area (Å²) in [6.07, 6.45) is 0. The lowest BCUT2D eigenvalue weighted by molar-refractivity contribution is 0.0460. The molecule has 0 aliphatic heterocycles. The molecule has 4 N–H and O–H groups in total. The molecule has 1 unspecified atom stereocenters. The standard InChI is InChI=1S/C13H23N3O2/c1-13(17,9-16(2)3)8-15-10-5-6-11(14)12(7-10)18-4/h5-7,15,17H,8-9,14H2,1-4H3. The van der Waals surface area contributed by atoms with Crippen LogP contribution in [-0.2, 0) is 0 Å². The average Bonchev–Trinajstić information content (AvgIpc) is 2.26. The smallest absolute Gasteiger partial charge is 0.143 e. The number of hydrogen-bond donors (Lipinski definition) is 3. The van der Waals surface area contributed by atoms with Gasteiger partial charge in [-0.25, -0.2) is 0 Å². The van der Waals surface area contributed by atoms with Gasteiger partial charge in [0.2, 0.25) is 0 Å². The summed E-state index contributed by atoms with van der Waals surface area (Å²) in [6, 6.07) is 5.46. The molecule has 0 amide bonds. The monoisotopic (exact) mass is 253 g/mol. The third-order valence-corrected chi connectivity index (χ3v) is 2.56. The molecule has 102 valence electrons. The first-order valence-corrected chi connectivity index (χ1v) is 5.88. The molecule has 0 saturated heterocycles. The fraction of sp³-hybridized carbons (Fsp3) is 0.538. The van der Waals surface area contributed by atoms with E-state index in [1.807, 2.05) is 31.1 Å². The Bertz CT molecular complexity index is 392. The number of nitrogens with two attached hydrogens (primary N) is 1. The highest BCUT2D eigenvalue weighted by atomic mass is 16.5. The van der Waals surface area contributed by atoms with Crippen molar-refractivity contribution in [3.8, 4) is 5.75 Å². The van der Waals surface area contributed by atoms with Gasteiger partial charge < -0.3 is 25.8 Å². The predicted octanol–water partition coefficient (Wildman–Crippen LogP) is 1.00. The third kappa shape index (κ3) is 4.43. The summed E-state index contributed by atoms with van der Waals surface area (Å²) in [5.74, 6) is 0.632. The maximum absolute atomic E-state index is 10.2. The van der Waals surface area contributed by atoms with Crippen molar-refractivity contribution < 1.29 is 9.84 Å². The van der Waals surface area contributed by atoms with Gasteiger partial charge in [0.1, 0.15) is 5.75 Å². The van der Waals surface area contributed by atoms with Crippen molar-refractivity contribution in [2.75, 3.05) is 45.3 Å². The van der Waals surface area contributed by atoms with Crippen LogP contribution in [0.3, 0.4) is 0 Å². The predicted molar refractivity (Wildman–Crippen MR) is 75.1 cm³/mol. The van der Waals surface area contributed by atoms with Crippen LogP contribution in [0, 0.1) is 0 Å². The zero-order valence-electron chi connectivity index (χ0n) is 11.5. The normalized spacial score (nSPS) is 14.3. The van der Waals surface area contributed by atoms with Crippen molar-refractivity contribution in [1.29, 1.82) is 0 Å². The average molecular weight is 253 g/mol. The van der Waals surface area contributed by atoms with Crippen molar-refractivity contribution in [3.63, 3.8) is 0 Å². The number of benzene rings is 1. The van der Waals surface area contributed by atoms with Gasteiger partial charge in [0.15, 0.2) is 0 Å². The Morgan fingerprint density at radius 3 is 2.67 bits per heavy atom. The largest absolute Gasteiger partial charge is 0.495 e. The second-order valence-corrected chi connectivity index (χ2v) is 5.05. The zero-order chi connectivity index (χ0) is 13.8. The molecule has 0 saturated carbocycles. The number of anilines is 2. The number of methoxy groups -OCH3 is 1. The molecule has 1 atom stereocenters. The minimum atomic E-state index is -0.794. The van der Waals surface area contributed by atoms with E-state index in [0.717, 1.165) is 5.69 Å². The van der Waals surface area contributed by atoms with Crippen LogP contribution in [-0.4, -0.2) is 49.9 Å². The second-order valence-electron chi connectivity index (χ2n) is 5.05. The second kappa shape index (κ2) is 5.93. The van der Waals surface area contributed by atoms with Crippen LogP contribution in [0.5, 0.6) is 5.75 Å². The van der Waals surface area contributed by atoms with Gasteiger partial charge in [0, 0.05) is 24.8 Å². The molecule has 1 aromatic rings. The van der Waals surface area contributed by atoms with Gasteiger partial charge in [0.25, 0.3) is 0 Å². The summed E-state index contributed by atoms with van der Waals surface area (Å²) in [5.41, 5.74) is 6.42. The Hall–Kier alpha value is -1.46. The molecule has 0 aliphatic rings. The Balaban J connectivity index is 2.63. The maximum Gasteiger partial charge on any atom is 0.143 e. The Kier molecular flexibility index (Phi) is 4.81. The molecule has 0 fully saturated rings. The lowest BCUT2D eigenvalue weighted by Crippen LogP contribution is -2.43. The molecule has 1 rings (SSSR count). The number of ether oxygens (including phenoxy) is 1. The lowest BCUT2D eigenvalue weighted by Gasteiger charge is -2.27. The number of nitrogens with zero attached hydrogens (tertiary/aromatic N) is 1. The zero-order valence-corrected chi connectivity index (χ0v) is 11.5. The third-order valence-electron chi connectivity index (χ3n) is 2.56. The lowest BCUT2D eigenvalue weighted by atomic mass is 10.1. The van der Waals surface area contributed by atoms with Crippen molar-refractivity contribution in [2.45, 2.75) is 12.5 Å². The van der Waals surface area contributed by atoms with Crippen LogP contribution in [0.1, 0.15) is 6.92 Å². The van der Waals surface area contributed by atoms with Gasteiger partial charge in [-0.15, -0.1) is 0 Å². The number of hydrogen-bond acceptors (Lipinski definition) is 5. The molecular formula is C13H23N3O2. The summed E-state index contributed by atoms with van der Waals surface area (Å²) in [5, 5.41) is 13.3. The molecule has 5 nitrogen and oxygen atoms in total. The highest BCUT2D eigenvalue weighted by Gasteiger charge is 2.20. The summed E-state index contributed by atoms with van der Waals surface area (Å²) in [6.45, 7) is 2.85. The van der Waals surface area contributed by atoms with E-state index >= 15 is 0 Å². The van der Waals surface area contributed by atoms with E-state index in [1.54, 1.807) is 20.1 Å². The van der Waals surface area contributed by atoms with E-state index < -0.39 is 5.60 Å². The minimum absolute atomic E-state index is 0.457. The van der Waals surface area contributed by atoms with E-state index in [-0.39, 0.29) is 0 Å². The number of rotatable bonds is 6. The molecular weight excluding hydrogens is 230 g/mol. The maximum atomic E-state index is 10.2. The molecule has 5 heteroatoms. The van der Waals surface area contributed by atoms with Crippen LogP contribution >= 0.6 is 0 Å². The van der Waals surface area contributed by atoms with Gasteiger partial charge in [-0.3, -0.25) is 0 Å². The van der Waals surface area contributed by atoms with Crippen molar-refractivity contribution in [3.05, 3.63) is 18.2 Å². The summed E-state index contributed by atoms with van der Waals surface area (Å²) < 4.78 is 5.15. The van der Waals surface area contributed by atoms with Crippen LogP contribution in [0.15, 0.2) is 18.2 Å². The molecule has 1 aromatic carbocycles. The van der Waals surface area contributed by atoms with Crippen molar-refractivity contribution >= 4 is 11.4 Å². The number of aliphatic hydroxyl groups is 1. The highest BCUT2D eigenvalue weighted by molar-refractivity contribution is 5.61. The van der Waals surface area contributed by atoms with Crippen molar-refractivity contribution in [2.24, 2.45) is 0 Å². The molecule has 0 spiro atoms. The first-order chi connectivity index (χ1) is 8.34. The Morgan fingerprint density at radius 2 is 2.11 bits per heavy atom. The Labute approximate surface area is 109 Å². The number of nitrogen functional groups attached to an aromatic ring is 1. The summed E-state index contributed by atoms with van der Waals surface area (Å²) >= 11 is 0. The highest BCUT2D eigenvalue weighted by Crippen LogP contribution is 2.25. The van der Waals surface area contributed by atoms with Gasteiger partial charge in [-0.1, -0.05) is 0 Å². The van der Waals surface area contributed by atoms with E-state index in [1.165, 1.54) is 0 Å². The van der Waals surface area contributed by atoms with Gasteiger partial charge in [-0.2, -0.15) is 0 Å². The van der Waals surface area contributed by atoms with E-state index in [9.17, 15) is 5.11 Å². The van der Waals surface area contributed by atoms with Crippen LogP contribution in [0.2, 0.25) is 0 Å². The molecule has 0 radical (unpaired) electrons. The fourth-order valence-corrected chi connectivity index (χ4v) is 1.85.